The number of hydrogen-bond acceptors (Lipinski definition) is 4. The van der Waals surface area contributed by atoms with Gasteiger partial charge in [-0.2, -0.15) is 0 Å². The SMILES string of the molecule is CN=C(NCc1sc(C)nc1C)NCC1CCCN1C. The van der Waals surface area contributed by atoms with Crippen LogP contribution in [-0.4, -0.2) is 49.1 Å². The summed E-state index contributed by atoms with van der Waals surface area (Å²) in [6.45, 7) is 7.06. The van der Waals surface area contributed by atoms with E-state index in [-0.39, 0.29) is 0 Å². The van der Waals surface area contributed by atoms with E-state index in [0.717, 1.165) is 29.8 Å². The van der Waals surface area contributed by atoms with Crippen molar-refractivity contribution in [2.24, 2.45) is 4.99 Å². The molecule has 2 rings (SSSR count). The first-order valence-corrected chi connectivity index (χ1v) is 7.99. The molecule has 20 heavy (non-hydrogen) atoms. The van der Waals surface area contributed by atoms with Crippen LogP contribution in [0.15, 0.2) is 4.99 Å². The smallest absolute Gasteiger partial charge is 0.191 e. The molecule has 1 aromatic heterocycles. The van der Waals surface area contributed by atoms with Crippen LogP contribution in [0.4, 0.5) is 0 Å². The average molecular weight is 295 g/mol. The van der Waals surface area contributed by atoms with Gasteiger partial charge in [-0.1, -0.05) is 0 Å². The number of thiazole rings is 1. The van der Waals surface area contributed by atoms with Crippen molar-refractivity contribution >= 4 is 17.3 Å². The molecule has 1 saturated heterocycles. The zero-order chi connectivity index (χ0) is 14.5. The Balaban J connectivity index is 1.79. The van der Waals surface area contributed by atoms with E-state index in [1.165, 1.54) is 24.3 Å². The Hall–Kier alpha value is -1.14. The quantitative estimate of drug-likeness (QED) is 0.653. The lowest BCUT2D eigenvalue weighted by molar-refractivity contribution is 0.309. The van der Waals surface area contributed by atoms with Gasteiger partial charge >= 0.3 is 0 Å². The maximum atomic E-state index is 4.45. The summed E-state index contributed by atoms with van der Waals surface area (Å²) < 4.78 is 0. The molecule has 2 N–H and O–H groups in total. The van der Waals surface area contributed by atoms with Crippen LogP contribution in [0.3, 0.4) is 0 Å². The van der Waals surface area contributed by atoms with E-state index < -0.39 is 0 Å². The Labute approximate surface area is 125 Å². The second kappa shape index (κ2) is 7.04. The molecule has 1 unspecified atom stereocenters. The van der Waals surface area contributed by atoms with Gasteiger partial charge in [0.25, 0.3) is 0 Å². The normalized spacial score (nSPS) is 20.4. The first-order chi connectivity index (χ1) is 9.60. The molecule has 0 aliphatic carbocycles. The largest absolute Gasteiger partial charge is 0.355 e. The molecule has 0 aromatic carbocycles. The molecular weight excluding hydrogens is 270 g/mol. The lowest BCUT2D eigenvalue weighted by Gasteiger charge is -2.21. The highest BCUT2D eigenvalue weighted by molar-refractivity contribution is 7.11. The van der Waals surface area contributed by atoms with Crippen LogP contribution in [-0.2, 0) is 6.54 Å². The lowest BCUT2D eigenvalue weighted by atomic mass is 10.2. The van der Waals surface area contributed by atoms with Gasteiger partial charge < -0.3 is 15.5 Å². The van der Waals surface area contributed by atoms with Crippen molar-refractivity contribution < 1.29 is 0 Å². The monoisotopic (exact) mass is 295 g/mol. The molecule has 0 bridgehead atoms. The fourth-order valence-corrected chi connectivity index (χ4v) is 3.45. The zero-order valence-corrected chi connectivity index (χ0v) is 13.7. The summed E-state index contributed by atoms with van der Waals surface area (Å²) in [7, 11) is 4.01. The second-order valence-electron chi connectivity index (χ2n) is 5.32. The molecule has 0 amide bonds. The summed E-state index contributed by atoms with van der Waals surface area (Å²) in [5, 5.41) is 7.91. The first kappa shape index (κ1) is 15.3. The number of hydrogen-bond donors (Lipinski definition) is 2. The van der Waals surface area contributed by atoms with Crippen LogP contribution in [0.1, 0.15) is 28.4 Å². The highest BCUT2D eigenvalue weighted by Gasteiger charge is 2.20. The number of guanidine groups is 1. The number of likely N-dealkylation sites (N-methyl/N-ethyl adjacent to an activating group) is 1. The Kier molecular flexibility index (Phi) is 5.37. The first-order valence-electron chi connectivity index (χ1n) is 7.18. The average Bonchev–Trinajstić information content (AvgIpc) is 2.96. The molecule has 1 aromatic rings. The summed E-state index contributed by atoms with van der Waals surface area (Å²) in [6.07, 6.45) is 2.57. The minimum atomic E-state index is 0.626. The van der Waals surface area contributed by atoms with Gasteiger partial charge in [0.2, 0.25) is 0 Å². The van der Waals surface area contributed by atoms with Crippen LogP contribution in [0.5, 0.6) is 0 Å². The number of aryl methyl sites for hydroxylation is 2. The van der Waals surface area contributed by atoms with E-state index in [1.807, 2.05) is 14.0 Å². The highest BCUT2D eigenvalue weighted by Crippen LogP contribution is 2.16. The van der Waals surface area contributed by atoms with Crippen LogP contribution in [0, 0.1) is 13.8 Å². The van der Waals surface area contributed by atoms with Crippen molar-refractivity contribution in [1.82, 2.24) is 20.5 Å². The predicted molar refractivity (Wildman–Crippen MR) is 85.4 cm³/mol. The van der Waals surface area contributed by atoms with Crippen molar-refractivity contribution in [3.63, 3.8) is 0 Å². The fraction of sp³-hybridized carbons (Fsp3) is 0.714. The molecule has 2 heterocycles. The van der Waals surface area contributed by atoms with Gasteiger partial charge in [-0.25, -0.2) is 4.98 Å². The second-order valence-corrected chi connectivity index (χ2v) is 6.61. The van der Waals surface area contributed by atoms with Crippen LogP contribution in [0.25, 0.3) is 0 Å². The molecule has 0 saturated carbocycles. The fourth-order valence-electron chi connectivity index (χ4n) is 2.57. The van der Waals surface area contributed by atoms with Gasteiger partial charge in [0.05, 0.1) is 17.2 Å². The molecule has 5 nitrogen and oxygen atoms in total. The van der Waals surface area contributed by atoms with E-state index in [4.69, 9.17) is 0 Å². The maximum Gasteiger partial charge on any atom is 0.191 e. The number of nitrogens with one attached hydrogen (secondary N) is 2. The molecule has 112 valence electrons. The van der Waals surface area contributed by atoms with E-state index in [2.05, 4.69) is 39.5 Å². The van der Waals surface area contributed by atoms with Gasteiger partial charge in [-0.05, 0) is 40.3 Å². The molecule has 1 fully saturated rings. The minimum absolute atomic E-state index is 0.626. The number of rotatable bonds is 4. The van der Waals surface area contributed by atoms with Crippen molar-refractivity contribution in [2.75, 3.05) is 27.2 Å². The summed E-state index contributed by atoms with van der Waals surface area (Å²) in [4.78, 5) is 12.4. The third-order valence-electron chi connectivity index (χ3n) is 3.82. The summed E-state index contributed by atoms with van der Waals surface area (Å²) in [6, 6.07) is 0.626. The molecule has 1 aliphatic heterocycles. The number of aromatic nitrogens is 1. The molecule has 1 atom stereocenters. The van der Waals surface area contributed by atoms with Crippen molar-refractivity contribution in [3.8, 4) is 0 Å². The summed E-state index contributed by atoms with van der Waals surface area (Å²) in [5.41, 5.74) is 1.12. The Bertz CT molecular complexity index is 468. The number of likely N-dealkylation sites (tertiary alicyclic amines) is 1. The Morgan fingerprint density at radius 1 is 1.45 bits per heavy atom. The van der Waals surface area contributed by atoms with Gasteiger partial charge in [-0.15, -0.1) is 11.3 Å². The maximum absolute atomic E-state index is 4.45. The third-order valence-corrected chi connectivity index (χ3v) is 4.89. The van der Waals surface area contributed by atoms with Crippen LogP contribution in [0.2, 0.25) is 0 Å². The zero-order valence-electron chi connectivity index (χ0n) is 12.9. The van der Waals surface area contributed by atoms with Gasteiger partial charge in [-0.3, -0.25) is 4.99 Å². The highest BCUT2D eigenvalue weighted by atomic mass is 32.1. The standard InChI is InChI=1S/C14H25N5S/c1-10-13(20-11(2)18-10)9-17-14(15-3)16-8-12-6-5-7-19(12)4/h12H,5-9H2,1-4H3,(H2,15,16,17). The third kappa shape index (κ3) is 3.93. The van der Waals surface area contributed by atoms with E-state index in [1.54, 1.807) is 11.3 Å². The molecule has 0 spiro atoms. The lowest BCUT2D eigenvalue weighted by Crippen LogP contribution is -2.43. The van der Waals surface area contributed by atoms with E-state index in [9.17, 15) is 0 Å². The Morgan fingerprint density at radius 2 is 2.25 bits per heavy atom. The van der Waals surface area contributed by atoms with Crippen molar-refractivity contribution in [2.45, 2.75) is 39.3 Å². The minimum Gasteiger partial charge on any atom is -0.355 e. The van der Waals surface area contributed by atoms with Crippen molar-refractivity contribution in [1.29, 1.82) is 0 Å². The van der Waals surface area contributed by atoms with Gasteiger partial charge in [0.15, 0.2) is 5.96 Å². The van der Waals surface area contributed by atoms with Crippen molar-refractivity contribution in [3.05, 3.63) is 15.6 Å². The molecule has 0 radical (unpaired) electrons. The van der Waals surface area contributed by atoms with Gasteiger partial charge in [0.1, 0.15) is 0 Å². The molecule has 6 heteroatoms. The molecule has 1 aliphatic rings. The van der Waals surface area contributed by atoms with Crippen LogP contribution < -0.4 is 10.6 Å². The number of nitrogens with zero attached hydrogens (tertiary/aromatic N) is 3. The topological polar surface area (TPSA) is 52.6 Å². The number of aliphatic imine (C=N–C) groups is 1. The predicted octanol–water partition coefficient (Wildman–Crippen LogP) is 1.52. The van der Waals surface area contributed by atoms with E-state index >= 15 is 0 Å². The van der Waals surface area contributed by atoms with Gasteiger partial charge in [0, 0.05) is 24.5 Å². The summed E-state index contributed by atoms with van der Waals surface area (Å²) >= 11 is 1.75. The van der Waals surface area contributed by atoms with E-state index in [0.29, 0.717) is 6.04 Å². The summed E-state index contributed by atoms with van der Waals surface area (Å²) in [5.74, 6) is 0.871. The molecular formula is C14H25N5S. The Morgan fingerprint density at radius 3 is 2.80 bits per heavy atom. The van der Waals surface area contributed by atoms with Crippen LogP contribution >= 0.6 is 11.3 Å².